The van der Waals surface area contributed by atoms with E-state index in [1.165, 1.54) is 327 Å². The van der Waals surface area contributed by atoms with Crippen LogP contribution in [0.25, 0.3) is 0 Å². The van der Waals surface area contributed by atoms with Gasteiger partial charge in [-0.05, 0) is 96.3 Å². The molecule has 0 aromatic carbocycles. The molecule has 2 atom stereocenters. The molecule has 0 radical (unpaired) electrons. The summed E-state index contributed by atoms with van der Waals surface area (Å²) in [4.78, 5) is 36.1. The summed E-state index contributed by atoms with van der Waals surface area (Å²) in [5.74, 6) is -0.773. The first-order chi connectivity index (χ1) is 51.0. The molecule has 0 aliphatic rings. The van der Waals surface area contributed by atoms with Gasteiger partial charge in [0.2, 0.25) is 0 Å². The fourth-order valence-corrected chi connectivity index (χ4v) is 14.0. The zero-order valence-corrected chi connectivity index (χ0v) is 70.4. The number of phosphoric acid groups is 1. The van der Waals surface area contributed by atoms with Crippen LogP contribution in [0.15, 0.2) is 97.2 Å². The summed E-state index contributed by atoms with van der Waals surface area (Å²) < 4.78 is 34.9. The maximum Gasteiger partial charge on any atom is 0.472 e. The Morgan fingerprint density at radius 1 is 0.308 bits per heavy atom. The zero-order valence-electron chi connectivity index (χ0n) is 69.5. The molecule has 0 aromatic rings. The van der Waals surface area contributed by atoms with Crippen molar-refractivity contribution in [2.45, 2.75) is 444 Å². The molecule has 0 heterocycles. The number of rotatable bonds is 84. The lowest BCUT2D eigenvalue weighted by molar-refractivity contribution is -0.870. The fourth-order valence-electron chi connectivity index (χ4n) is 13.3. The number of hydrogen-bond acceptors (Lipinski definition) is 7. The topological polar surface area (TPSA) is 108 Å². The molecule has 0 aromatic heterocycles. The van der Waals surface area contributed by atoms with Crippen LogP contribution in [-0.4, -0.2) is 74.9 Å². The third kappa shape index (κ3) is 87.8. The van der Waals surface area contributed by atoms with Gasteiger partial charge >= 0.3 is 19.8 Å². The third-order valence-corrected chi connectivity index (χ3v) is 21.1. The van der Waals surface area contributed by atoms with Gasteiger partial charge in [0, 0.05) is 12.8 Å². The van der Waals surface area contributed by atoms with Crippen molar-refractivity contribution in [3.8, 4) is 0 Å². The monoisotopic (exact) mass is 1480 g/mol. The summed E-state index contributed by atoms with van der Waals surface area (Å²) in [5.41, 5.74) is 0. The van der Waals surface area contributed by atoms with Crippen LogP contribution in [0.2, 0.25) is 0 Å². The van der Waals surface area contributed by atoms with Crippen LogP contribution in [0.3, 0.4) is 0 Å². The number of esters is 2. The second kappa shape index (κ2) is 84.0. The smallest absolute Gasteiger partial charge is 0.462 e. The molecule has 1 N–H and O–H groups in total. The number of phosphoric ester groups is 1. The highest BCUT2D eigenvalue weighted by molar-refractivity contribution is 7.47. The van der Waals surface area contributed by atoms with Gasteiger partial charge in [-0.2, -0.15) is 0 Å². The normalized spacial score (nSPS) is 13.4. The lowest BCUT2D eigenvalue weighted by Gasteiger charge is -2.24. The molecule has 0 aliphatic carbocycles. The number of hydrogen-bond donors (Lipinski definition) is 1. The lowest BCUT2D eigenvalue weighted by Crippen LogP contribution is -2.37. The van der Waals surface area contributed by atoms with Crippen LogP contribution in [0.5, 0.6) is 0 Å². The van der Waals surface area contributed by atoms with Crippen LogP contribution in [-0.2, 0) is 32.7 Å². The Labute approximate surface area is 646 Å². The largest absolute Gasteiger partial charge is 0.472 e. The van der Waals surface area contributed by atoms with Crippen molar-refractivity contribution in [1.29, 1.82) is 0 Å². The molecule has 0 rings (SSSR count). The van der Waals surface area contributed by atoms with Gasteiger partial charge in [-0.15, -0.1) is 0 Å². The van der Waals surface area contributed by atoms with Crippen molar-refractivity contribution in [2.24, 2.45) is 0 Å². The number of likely N-dealkylation sites (N-methyl/N-ethyl adjacent to an activating group) is 1. The minimum absolute atomic E-state index is 0.0332. The van der Waals surface area contributed by atoms with E-state index in [0.29, 0.717) is 23.9 Å². The van der Waals surface area contributed by atoms with Crippen molar-refractivity contribution < 1.29 is 42.1 Å². The van der Waals surface area contributed by atoms with Gasteiger partial charge in [-0.3, -0.25) is 18.6 Å². The predicted molar refractivity (Wildman–Crippen MR) is 455 cm³/mol. The molecule has 10 heteroatoms. The first-order valence-corrected chi connectivity index (χ1v) is 46.5. The summed E-state index contributed by atoms with van der Waals surface area (Å²) in [7, 11) is 1.50. The van der Waals surface area contributed by atoms with E-state index in [1.807, 2.05) is 21.1 Å². The minimum atomic E-state index is -4.40. The number of allylic oxidation sites excluding steroid dienone is 16. The third-order valence-electron chi connectivity index (χ3n) is 20.1. The van der Waals surface area contributed by atoms with Gasteiger partial charge in [0.15, 0.2) is 6.10 Å². The first-order valence-electron chi connectivity index (χ1n) is 45.0. The SMILES string of the molecule is CC/C=C\C/C=C\C/C=C\C/C=C\C/C=C\CCCCCCCCCCCCCCCCCCCCCCCCCCCC(=O)OC(COC(=O)CCCCCCCCCCCCCCCCCCCCCCCCCC/C=C\C/C=C\C/C=C\CCCCCCC)COP(=O)(O)OCC[N+](C)(C)C. The van der Waals surface area contributed by atoms with E-state index in [4.69, 9.17) is 18.5 Å². The van der Waals surface area contributed by atoms with Crippen molar-refractivity contribution in [1.82, 2.24) is 0 Å². The average molecular weight is 1480 g/mol. The highest BCUT2D eigenvalue weighted by Crippen LogP contribution is 2.43. The minimum Gasteiger partial charge on any atom is -0.462 e. The highest BCUT2D eigenvalue weighted by Gasteiger charge is 2.27. The van der Waals surface area contributed by atoms with E-state index >= 15 is 0 Å². The summed E-state index contributed by atoms with van der Waals surface area (Å²) in [6, 6.07) is 0. The molecular formula is C94H173NO8P+. The van der Waals surface area contributed by atoms with Crippen molar-refractivity contribution in [3.05, 3.63) is 97.2 Å². The van der Waals surface area contributed by atoms with Crippen molar-refractivity contribution in [3.63, 3.8) is 0 Å². The quantitative estimate of drug-likeness (QED) is 0.0211. The molecule has 0 saturated heterocycles. The maximum atomic E-state index is 13.0. The Morgan fingerprint density at radius 2 is 0.548 bits per heavy atom. The molecule has 0 fully saturated rings. The molecule has 606 valence electrons. The first kappa shape index (κ1) is 101. The average Bonchev–Trinajstić information content (AvgIpc) is 0.920. The van der Waals surface area contributed by atoms with E-state index in [-0.39, 0.29) is 25.6 Å². The van der Waals surface area contributed by atoms with Gasteiger partial charge in [-0.1, -0.05) is 426 Å². The van der Waals surface area contributed by atoms with Crippen LogP contribution >= 0.6 is 7.82 Å². The molecule has 0 amide bonds. The fraction of sp³-hybridized carbons (Fsp3) is 0.809. The van der Waals surface area contributed by atoms with Crippen LogP contribution in [0.1, 0.15) is 438 Å². The molecule has 104 heavy (non-hydrogen) atoms. The van der Waals surface area contributed by atoms with E-state index in [1.54, 1.807) is 0 Å². The number of carbonyl (C=O) groups excluding carboxylic acids is 2. The molecule has 0 saturated carbocycles. The molecule has 0 bridgehead atoms. The lowest BCUT2D eigenvalue weighted by atomic mass is 10.0. The van der Waals surface area contributed by atoms with Gasteiger partial charge in [0.25, 0.3) is 0 Å². The molecular weight excluding hydrogens is 1300 g/mol. The standard InChI is InChI=1S/C94H172NO8P/c1-6-8-10-12-14-16-18-20-22-24-26-28-30-32-34-36-38-40-42-44-46-47-49-51-53-55-57-59-61-63-65-67-69-71-73-75-77-79-81-83-85-87-94(97)103-92(91-102-104(98,99)101-89-88-95(3,4)5)90-100-93(96)86-84-82-80-78-76-74-72-70-68-66-64-62-60-58-56-54-52-50-48-45-43-41-39-37-35-33-31-29-27-25-23-21-19-17-15-13-11-9-7-2/h8,10,14,16,19-22,25-28,31-34,92H,6-7,9,11-13,15,17-18,23-24,29-30,35-91H2,1-5H3/p+1/b10-8-,16-14-,21-19-,22-20-,27-25-,28-26-,33-31-,34-32-. The number of ether oxygens (including phenoxy) is 2. The van der Waals surface area contributed by atoms with Crippen LogP contribution < -0.4 is 0 Å². The number of nitrogens with zero attached hydrogens (tertiary/aromatic N) is 1. The number of unbranched alkanes of at least 4 members (excludes halogenated alkanes) is 54. The van der Waals surface area contributed by atoms with E-state index in [2.05, 4.69) is 111 Å². The second-order valence-corrected chi connectivity index (χ2v) is 33.1. The molecule has 0 spiro atoms. The van der Waals surface area contributed by atoms with E-state index < -0.39 is 26.5 Å². The highest BCUT2D eigenvalue weighted by atomic mass is 31.2. The van der Waals surface area contributed by atoms with Gasteiger partial charge in [-0.25, -0.2) is 4.57 Å². The Morgan fingerprint density at radius 3 is 0.817 bits per heavy atom. The van der Waals surface area contributed by atoms with Gasteiger partial charge < -0.3 is 18.9 Å². The summed E-state index contributed by atoms with van der Waals surface area (Å²) >= 11 is 0. The Kier molecular flexibility index (Phi) is 81.5. The molecule has 9 nitrogen and oxygen atoms in total. The molecule has 0 aliphatic heterocycles. The summed E-state index contributed by atoms with van der Waals surface area (Å²) in [6.45, 7) is 4.38. The molecule has 2 unspecified atom stereocenters. The summed E-state index contributed by atoms with van der Waals surface area (Å²) in [5, 5.41) is 0. The van der Waals surface area contributed by atoms with Crippen LogP contribution in [0, 0.1) is 0 Å². The van der Waals surface area contributed by atoms with Crippen molar-refractivity contribution in [2.75, 3.05) is 47.5 Å². The number of carbonyl (C=O) groups is 2. The number of quaternary nitrogens is 1. The van der Waals surface area contributed by atoms with Gasteiger partial charge in [0.1, 0.15) is 19.8 Å². The Hall–Kier alpha value is -3.07. The second-order valence-electron chi connectivity index (χ2n) is 31.6. The Balaban J connectivity index is 3.86. The van der Waals surface area contributed by atoms with Crippen molar-refractivity contribution >= 4 is 19.8 Å². The zero-order chi connectivity index (χ0) is 75.4. The Bertz CT molecular complexity index is 2080. The van der Waals surface area contributed by atoms with Gasteiger partial charge in [0.05, 0.1) is 27.7 Å². The predicted octanol–water partition coefficient (Wildman–Crippen LogP) is 30.5. The van der Waals surface area contributed by atoms with E-state index in [0.717, 1.165) is 77.0 Å². The van der Waals surface area contributed by atoms with Crippen LogP contribution in [0.4, 0.5) is 0 Å². The van der Waals surface area contributed by atoms with E-state index in [9.17, 15) is 19.0 Å². The maximum absolute atomic E-state index is 13.0. The summed E-state index contributed by atoms with van der Waals surface area (Å²) in [6.07, 6.45) is 119.